The first kappa shape index (κ1) is 25.7. The average Bonchev–Trinajstić information content (AvgIpc) is 3.18. The summed E-state index contributed by atoms with van der Waals surface area (Å²) in [4.78, 5) is 19.1. The van der Waals surface area contributed by atoms with Crippen LogP contribution in [-0.2, 0) is 16.6 Å². The zero-order chi connectivity index (χ0) is 27.1. The monoisotopic (exact) mass is 530 g/mol. The highest BCUT2D eigenvalue weighted by Gasteiger charge is 2.29. The molecule has 8 nitrogen and oxygen atoms in total. The van der Waals surface area contributed by atoms with Crippen molar-refractivity contribution in [3.8, 4) is 16.9 Å². The van der Waals surface area contributed by atoms with Crippen LogP contribution in [0.4, 0.5) is 5.82 Å². The molecule has 0 fully saturated rings. The lowest BCUT2D eigenvalue weighted by Gasteiger charge is -2.21. The number of amides is 1. The SMILES string of the molecule is CC(C)(C)NS(=O)(=O)c1ccccc1-c1ccc2c(c1)CN(CCOc1ccc3ccnc(N)c3c1)C2=O. The number of hydrogen-bond donors (Lipinski definition) is 2. The summed E-state index contributed by atoms with van der Waals surface area (Å²) in [7, 11) is -3.74. The highest BCUT2D eigenvalue weighted by atomic mass is 32.2. The molecule has 3 aromatic carbocycles. The number of benzene rings is 3. The molecule has 0 spiro atoms. The second-order valence-corrected chi connectivity index (χ2v) is 12.0. The van der Waals surface area contributed by atoms with Crippen LogP contribution in [0.5, 0.6) is 5.75 Å². The van der Waals surface area contributed by atoms with Gasteiger partial charge in [0.1, 0.15) is 18.2 Å². The van der Waals surface area contributed by atoms with Crippen molar-refractivity contribution in [2.24, 2.45) is 0 Å². The van der Waals surface area contributed by atoms with Crippen LogP contribution in [0, 0.1) is 0 Å². The summed E-state index contributed by atoms with van der Waals surface area (Å²) in [5.41, 5.74) is 8.17. The van der Waals surface area contributed by atoms with Crippen molar-refractivity contribution in [2.45, 2.75) is 37.8 Å². The highest BCUT2D eigenvalue weighted by Crippen LogP contribution is 2.32. The number of nitrogens with two attached hydrogens (primary N) is 1. The maximum atomic E-state index is 13.1. The molecule has 5 rings (SSSR count). The van der Waals surface area contributed by atoms with Crippen LogP contribution >= 0.6 is 0 Å². The molecule has 1 aromatic heterocycles. The summed E-state index contributed by atoms with van der Waals surface area (Å²) in [6.07, 6.45) is 1.67. The molecule has 0 bridgehead atoms. The van der Waals surface area contributed by atoms with Gasteiger partial charge in [0.25, 0.3) is 5.91 Å². The molecule has 2 heterocycles. The molecule has 0 radical (unpaired) electrons. The molecule has 3 N–H and O–H groups in total. The van der Waals surface area contributed by atoms with Crippen LogP contribution in [-0.4, -0.2) is 42.9 Å². The lowest BCUT2D eigenvalue weighted by atomic mass is 10.0. The molecule has 1 amide bonds. The Morgan fingerprint density at radius 3 is 2.61 bits per heavy atom. The molecule has 1 aliphatic heterocycles. The van der Waals surface area contributed by atoms with E-state index < -0.39 is 15.6 Å². The van der Waals surface area contributed by atoms with Crippen LogP contribution in [0.25, 0.3) is 21.9 Å². The van der Waals surface area contributed by atoms with E-state index in [1.165, 1.54) is 0 Å². The van der Waals surface area contributed by atoms with Crippen molar-refractivity contribution < 1.29 is 17.9 Å². The minimum Gasteiger partial charge on any atom is -0.492 e. The molecule has 9 heteroatoms. The minimum atomic E-state index is -3.74. The fraction of sp³-hybridized carbons (Fsp3) is 0.241. The maximum Gasteiger partial charge on any atom is 0.254 e. The lowest BCUT2D eigenvalue weighted by molar-refractivity contribution is 0.0753. The third-order valence-corrected chi connectivity index (χ3v) is 8.13. The zero-order valence-corrected chi connectivity index (χ0v) is 22.4. The van der Waals surface area contributed by atoms with Crippen LogP contribution < -0.4 is 15.2 Å². The normalized spacial score (nSPS) is 13.7. The maximum absolute atomic E-state index is 13.1. The van der Waals surface area contributed by atoms with Gasteiger partial charge in [0, 0.05) is 34.8 Å². The van der Waals surface area contributed by atoms with Gasteiger partial charge in [-0.05, 0) is 73.7 Å². The predicted octanol–water partition coefficient (Wildman–Crippen LogP) is 4.60. The van der Waals surface area contributed by atoms with Gasteiger partial charge in [-0.1, -0.05) is 30.3 Å². The Bertz CT molecular complexity index is 1640. The fourth-order valence-electron chi connectivity index (χ4n) is 4.66. The number of fused-ring (bicyclic) bond motifs is 2. The van der Waals surface area contributed by atoms with Crippen molar-refractivity contribution >= 4 is 32.5 Å². The molecule has 4 aromatic rings. The van der Waals surface area contributed by atoms with Crippen molar-refractivity contribution in [2.75, 3.05) is 18.9 Å². The molecule has 0 saturated heterocycles. The van der Waals surface area contributed by atoms with Crippen molar-refractivity contribution in [3.05, 3.63) is 84.1 Å². The number of carbonyl (C=O) groups is 1. The van der Waals surface area contributed by atoms with E-state index in [2.05, 4.69) is 9.71 Å². The number of nitrogen functional groups attached to an aromatic ring is 1. The number of anilines is 1. The standard InChI is InChI=1S/C29H30N4O4S/c1-29(2,3)32-38(35,36)26-7-5-4-6-23(26)20-9-11-24-21(16-20)18-33(28(24)34)14-15-37-22-10-8-19-12-13-31-27(30)25(19)17-22/h4-13,16-17,32H,14-15,18H2,1-3H3,(H2,30,31). The summed E-state index contributed by atoms with van der Waals surface area (Å²) >= 11 is 0. The van der Waals surface area contributed by atoms with E-state index >= 15 is 0 Å². The topological polar surface area (TPSA) is 115 Å². The van der Waals surface area contributed by atoms with Crippen molar-refractivity contribution in [1.29, 1.82) is 0 Å². The summed E-state index contributed by atoms with van der Waals surface area (Å²) in [6.45, 7) is 6.56. The number of hydrogen-bond acceptors (Lipinski definition) is 6. The predicted molar refractivity (Wildman–Crippen MR) is 148 cm³/mol. The number of sulfonamides is 1. The number of nitrogens with zero attached hydrogens (tertiary/aromatic N) is 2. The van der Waals surface area contributed by atoms with Crippen LogP contribution in [0.3, 0.4) is 0 Å². The van der Waals surface area contributed by atoms with Crippen molar-refractivity contribution in [1.82, 2.24) is 14.6 Å². The Kier molecular flexibility index (Phi) is 6.58. The van der Waals surface area contributed by atoms with Gasteiger partial charge in [-0.2, -0.15) is 0 Å². The Morgan fingerprint density at radius 1 is 1.03 bits per heavy atom. The van der Waals surface area contributed by atoms with Gasteiger partial charge in [-0.3, -0.25) is 4.79 Å². The molecule has 196 valence electrons. The largest absolute Gasteiger partial charge is 0.492 e. The third kappa shape index (κ3) is 5.20. The van der Waals surface area contributed by atoms with E-state index in [0.29, 0.717) is 42.4 Å². The first-order valence-corrected chi connectivity index (χ1v) is 13.8. The highest BCUT2D eigenvalue weighted by molar-refractivity contribution is 7.89. The van der Waals surface area contributed by atoms with Gasteiger partial charge in [-0.25, -0.2) is 18.1 Å². The number of nitrogens with one attached hydrogen (secondary N) is 1. The number of aromatic nitrogens is 1. The molecule has 0 aliphatic carbocycles. The molecule has 0 unspecified atom stereocenters. The second-order valence-electron chi connectivity index (χ2n) is 10.4. The Hall–Kier alpha value is -3.95. The van der Waals surface area contributed by atoms with Gasteiger partial charge in [0.15, 0.2) is 0 Å². The van der Waals surface area contributed by atoms with E-state index in [-0.39, 0.29) is 10.8 Å². The van der Waals surface area contributed by atoms with Gasteiger partial charge in [-0.15, -0.1) is 0 Å². The zero-order valence-electron chi connectivity index (χ0n) is 21.6. The first-order valence-electron chi connectivity index (χ1n) is 12.3. The first-order chi connectivity index (χ1) is 18.0. The Labute approximate surface area is 222 Å². The molecule has 0 saturated carbocycles. The summed E-state index contributed by atoms with van der Waals surface area (Å²) in [6, 6.07) is 19.9. The van der Waals surface area contributed by atoms with E-state index in [0.717, 1.165) is 21.9 Å². The van der Waals surface area contributed by atoms with Gasteiger partial charge < -0.3 is 15.4 Å². The molecule has 38 heavy (non-hydrogen) atoms. The quantitative estimate of drug-likeness (QED) is 0.361. The van der Waals surface area contributed by atoms with Gasteiger partial charge in [0.2, 0.25) is 10.0 Å². The van der Waals surface area contributed by atoms with Gasteiger partial charge >= 0.3 is 0 Å². The molecule has 1 aliphatic rings. The summed E-state index contributed by atoms with van der Waals surface area (Å²) < 4.78 is 34.9. The summed E-state index contributed by atoms with van der Waals surface area (Å²) in [5.74, 6) is 1.03. The van der Waals surface area contributed by atoms with Crippen LogP contribution in [0.1, 0.15) is 36.7 Å². The minimum absolute atomic E-state index is 0.0718. The average molecular weight is 531 g/mol. The second kappa shape index (κ2) is 9.74. The molecule has 0 atom stereocenters. The Morgan fingerprint density at radius 2 is 1.82 bits per heavy atom. The smallest absolute Gasteiger partial charge is 0.254 e. The molecular weight excluding hydrogens is 500 g/mol. The Balaban J connectivity index is 1.31. The number of carbonyl (C=O) groups excluding carboxylic acids is 1. The van der Waals surface area contributed by atoms with E-state index in [4.69, 9.17) is 10.5 Å². The number of rotatable bonds is 7. The molecular formula is C29H30N4O4S. The number of pyridine rings is 1. The van der Waals surface area contributed by atoms with E-state index in [1.54, 1.807) is 62.2 Å². The van der Waals surface area contributed by atoms with E-state index in [9.17, 15) is 13.2 Å². The number of ether oxygens (including phenoxy) is 1. The van der Waals surface area contributed by atoms with Crippen LogP contribution in [0.2, 0.25) is 0 Å². The van der Waals surface area contributed by atoms with E-state index in [1.807, 2.05) is 36.4 Å². The lowest BCUT2D eigenvalue weighted by Crippen LogP contribution is -2.40. The van der Waals surface area contributed by atoms with Crippen molar-refractivity contribution in [3.63, 3.8) is 0 Å². The summed E-state index contributed by atoms with van der Waals surface area (Å²) in [5, 5.41) is 1.80. The van der Waals surface area contributed by atoms with Crippen LogP contribution in [0.15, 0.2) is 77.8 Å². The fourth-order valence-corrected chi connectivity index (χ4v) is 6.31. The third-order valence-electron chi connectivity index (χ3n) is 6.31. The van der Waals surface area contributed by atoms with Gasteiger partial charge in [0.05, 0.1) is 11.4 Å².